The van der Waals surface area contributed by atoms with Gasteiger partial charge in [-0.1, -0.05) is 18.2 Å². The maximum Gasteiger partial charge on any atom is 0.265 e. The number of rotatable bonds is 5. The van der Waals surface area contributed by atoms with Crippen LogP contribution in [0.2, 0.25) is 0 Å². The van der Waals surface area contributed by atoms with E-state index < -0.39 is 0 Å². The van der Waals surface area contributed by atoms with Crippen molar-refractivity contribution in [1.29, 1.82) is 0 Å². The van der Waals surface area contributed by atoms with Gasteiger partial charge in [0.05, 0.1) is 10.7 Å². The van der Waals surface area contributed by atoms with Crippen molar-refractivity contribution >= 4 is 27.9 Å². The molecule has 0 saturated heterocycles. The van der Waals surface area contributed by atoms with Gasteiger partial charge < -0.3 is 16.0 Å². The lowest BCUT2D eigenvalue weighted by molar-refractivity contribution is 0.0833. The van der Waals surface area contributed by atoms with E-state index in [1.165, 1.54) is 22.3 Å². The molecule has 1 aromatic carbocycles. The molecule has 0 aliphatic rings. The normalized spacial score (nSPS) is 10.4. The van der Waals surface area contributed by atoms with E-state index in [9.17, 15) is 9.18 Å². The van der Waals surface area contributed by atoms with Gasteiger partial charge in [0, 0.05) is 20.6 Å². The van der Waals surface area contributed by atoms with Crippen molar-refractivity contribution in [3.05, 3.63) is 46.6 Å². The second-order valence-electron chi connectivity index (χ2n) is 4.86. The largest absolute Gasteiger partial charge is 0.397 e. The van der Waals surface area contributed by atoms with E-state index in [0.29, 0.717) is 29.1 Å². The molecule has 0 spiro atoms. The lowest BCUT2D eigenvalue weighted by Crippen LogP contribution is -2.21. The molecule has 0 unspecified atom stereocenters. The van der Waals surface area contributed by atoms with Crippen molar-refractivity contribution < 1.29 is 9.18 Å². The summed E-state index contributed by atoms with van der Waals surface area (Å²) in [6.07, 6.45) is 0.571. The summed E-state index contributed by atoms with van der Waals surface area (Å²) in [5.74, 6) is -0.312. The van der Waals surface area contributed by atoms with Gasteiger partial charge in [-0.15, -0.1) is 11.3 Å². The zero-order chi connectivity index (χ0) is 15.4. The monoisotopic (exact) mass is 307 g/mol. The highest BCUT2D eigenvalue weighted by atomic mass is 32.1. The van der Waals surface area contributed by atoms with Gasteiger partial charge in [0.1, 0.15) is 10.7 Å². The van der Waals surface area contributed by atoms with Gasteiger partial charge in [-0.25, -0.2) is 4.39 Å². The SMILES string of the molecule is CN(C)C(=O)c1sc(NCCc2ccccc2F)cc1N. The number of nitrogens with zero attached hydrogens (tertiary/aromatic N) is 1. The Bertz CT molecular complexity index is 640. The molecule has 2 rings (SSSR count). The minimum atomic E-state index is -0.200. The van der Waals surface area contributed by atoms with Gasteiger partial charge in [0.25, 0.3) is 5.91 Å². The maximum atomic E-state index is 13.5. The zero-order valence-electron chi connectivity index (χ0n) is 12.0. The summed E-state index contributed by atoms with van der Waals surface area (Å²) in [4.78, 5) is 13.9. The minimum Gasteiger partial charge on any atom is -0.397 e. The summed E-state index contributed by atoms with van der Waals surface area (Å²) in [6.45, 7) is 0.580. The van der Waals surface area contributed by atoms with Gasteiger partial charge >= 0.3 is 0 Å². The number of anilines is 2. The van der Waals surface area contributed by atoms with Crippen LogP contribution in [-0.2, 0) is 6.42 Å². The highest BCUT2D eigenvalue weighted by Crippen LogP contribution is 2.29. The van der Waals surface area contributed by atoms with Gasteiger partial charge in [-0.05, 0) is 24.1 Å². The maximum absolute atomic E-state index is 13.5. The Morgan fingerprint density at radius 2 is 2.10 bits per heavy atom. The molecule has 0 radical (unpaired) electrons. The molecule has 0 atom stereocenters. The molecule has 1 aromatic heterocycles. The van der Waals surface area contributed by atoms with Crippen molar-refractivity contribution in [2.24, 2.45) is 0 Å². The first-order valence-electron chi connectivity index (χ1n) is 6.57. The van der Waals surface area contributed by atoms with E-state index in [4.69, 9.17) is 5.73 Å². The number of thiophene rings is 1. The first kappa shape index (κ1) is 15.3. The lowest BCUT2D eigenvalue weighted by Gasteiger charge is -2.08. The second-order valence-corrected chi connectivity index (χ2v) is 5.92. The number of nitrogens with two attached hydrogens (primary N) is 1. The van der Waals surface area contributed by atoms with Gasteiger partial charge in [0.2, 0.25) is 0 Å². The van der Waals surface area contributed by atoms with Crippen LogP contribution in [0.4, 0.5) is 15.1 Å². The molecule has 2 aromatic rings. The van der Waals surface area contributed by atoms with E-state index in [1.54, 1.807) is 32.3 Å². The number of nitrogens with one attached hydrogen (secondary N) is 1. The smallest absolute Gasteiger partial charge is 0.265 e. The van der Waals surface area contributed by atoms with Crippen LogP contribution in [0.25, 0.3) is 0 Å². The molecule has 0 aliphatic heterocycles. The van der Waals surface area contributed by atoms with Gasteiger partial charge in [-0.2, -0.15) is 0 Å². The van der Waals surface area contributed by atoms with Crippen LogP contribution >= 0.6 is 11.3 Å². The Hall–Kier alpha value is -2.08. The Morgan fingerprint density at radius 3 is 2.76 bits per heavy atom. The van der Waals surface area contributed by atoms with Crippen molar-refractivity contribution in [3.63, 3.8) is 0 Å². The molecule has 1 heterocycles. The summed E-state index contributed by atoms with van der Waals surface area (Å²) in [5.41, 5.74) is 6.98. The van der Waals surface area contributed by atoms with Gasteiger partial charge in [0.15, 0.2) is 0 Å². The number of amides is 1. The lowest BCUT2D eigenvalue weighted by atomic mass is 10.1. The molecule has 1 amide bonds. The van der Waals surface area contributed by atoms with Crippen molar-refractivity contribution in [1.82, 2.24) is 4.90 Å². The van der Waals surface area contributed by atoms with Crippen molar-refractivity contribution in [2.75, 3.05) is 31.7 Å². The zero-order valence-corrected chi connectivity index (χ0v) is 12.8. The average molecular weight is 307 g/mol. The third-order valence-electron chi connectivity index (χ3n) is 3.01. The fraction of sp³-hybridized carbons (Fsp3) is 0.267. The third kappa shape index (κ3) is 3.72. The molecule has 0 fully saturated rings. The number of halogens is 1. The van der Waals surface area contributed by atoms with Crippen LogP contribution in [-0.4, -0.2) is 31.4 Å². The van der Waals surface area contributed by atoms with E-state index >= 15 is 0 Å². The van der Waals surface area contributed by atoms with E-state index in [2.05, 4.69) is 5.32 Å². The number of hydrogen-bond donors (Lipinski definition) is 2. The molecule has 3 N–H and O–H groups in total. The Kier molecular flexibility index (Phi) is 4.80. The van der Waals surface area contributed by atoms with Crippen LogP contribution in [0, 0.1) is 5.82 Å². The van der Waals surface area contributed by atoms with Crippen molar-refractivity contribution in [3.8, 4) is 0 Å². The quantitative estimate of drug-likeness (QED) is 0.893. The van der Waals surface area contributed by atoms with E-state index in [-0.39, 0.29) is 11.7 Å². The molecule has 0 aliphatic carbocycles. The number of carbonyl (C=O) groups excluding carboxylic acids is 1. The molecular weight excluding hydrogens is 289 g/mol. The first-order chi connectivity index (χ1) is 9.99. The Balaban J connectivity index is 1.97. The summed E-state index contributed by atoms with van der Waals surface area (Å²) in [6, 6.07) is 8.44. The van der Waals surface area contributed by atoms with Crippen LogP contribution < -0.4 is 11.1 Å². The molecular formula is C15H18FN3OS. The average Bonchev–Trinajstić information content (AvgIpc) is 2.81. The summed E-state index contributed by atoms with van der Waals surface area (Å²) < 4.78 is 13.5. The van der Waals surface area contributed by atoms with E-state index in [1.807, 2.05) is 6.07 Å². The fourth-order valence-corrected chi connectivity index (χ4v) is 2.91. The number of nitrogen functional groups attached to an aromatic ring is 1. The van der Waals surface area contributed by atoms with Crippen LogP contribution in [0.5, 0.6) is 0 Å². The van der Waals surface area contributed by atoms with Gasteiger partial charge in [-0.3, -0.25) is 4.79 Å². The molecule has 4 nitrogen and oxygen atoms in total. The number of carbonyl (C=O) groups is 1. The summed E-state index contributed by atoms with van der Waals surface area (Å²) in [5, 5.41) is 3.99. The van der Waals surface area contributed by atoms with Crippen LogP contribution in [0.1, 0.15) is 15.2 Å². The highest BCUT2D eigenvalue weighted by Gasteiger charge is 2.15. The molecule has 0 saturated carbocycles. The number of hydrogen-bond acceptors (Lipinski definition) is 4. The van der Waals surface area contributed by atoms with Crippen LogP contribution in [0.15, 0.2) is 30.3 Å². The molecule has 112 valence electrons. The topological polar surface area (TPSA) is 58.4 Å². The van der Waals surface area contributed by atoms with Crippen LogP contribution in [0.3, 0.4) is 0 Å². The fourth-order valence-electron chi connectivity index (χ4n) is 1.88. The second kappa shape index (κ2) is 6.58. The third-order valence-corrected chi connectivity index (χ3v) is 4.11. The summed E-state index contributed by atoms with van der Waals surface area (Å²) in [7, 11) is 3.37. The van der Waals surface area contributed by atoms with E-state index in [0.717, 1.165) is 5.00 Å². The predicted octanol–water partition coefficient (Wildman–Crippen LogP) is 2.83. The predicted molar refractivity (Wildman–Crippen MR) is 85.3 cm³/mol. The molecule has 0 bridgehead atoms. The highest BCUT2D eigenvalue weighted by molar-refractivity contribution is 7.18. The summed E-state index contributed by atoms with van der Waals surface area (Å²) >= 11 is 1.31. The molecule has 21 heavy (non-hydrogen) atoms. The van der Waals surface area contributed by atoms with Crippen molar-refractivity contribution in [2.45, 2.75) is 6.42 Å². The minimum absolute atomic E-state index is 0.111. The Morgan fingerprint density at radius 1 is 1.38 bits per heavy atom. The Labute approximate surface area is 127 Å². The number of benzene rings is 1. The first-order valence-corrected chi connectivity index (χ1v) is 7.39. The standard InChI is InChI=1S/C15H18FN3OS/c1-19(2)15(20)14-12(17)9-13(21-14)18-8-7-10-5-3-4-6-11(10)16/h3-6,9,18H,7-8,17H2,1-2H3. The molecule has 6 heteroatoms.